The van der Waals surface area contributed by atoms with Gasteiger partial charge in [0.1, 0.15) is 5.75 Å². The number of fused-ring (bicyclic) bond motifs is 1. The van der Waals surface area contributed by atoms with Crippen LogP contribution < -0.4 is 15.6 Å². The highest BCUT2D eigenvalue weighted by atomic mass is 16.5. The van der Waals surface area contributed by atoms with Gasteiger partial charge in [0, 0.05) is 24.0 Å². The van der Waals surface area contributed by atoms with Crippen LogP contribution >= 0.6 is 0 Å². The number of hydrogen-bond acceptors (Lipinski definition) is 3. The molecule has 0 bridgehead atoms. The molecule has 0 aliphatic carbocycles. The van der Waals surface area contributed by atoms with Gasteiger partial charge in [-0.3, -0.25) is 9.59 Å². The van der Waals surface area contributed by atoms with Gasteiger partial charge in [-0.25, -0.2) is 0 Å². The van der Waals surface area contributed by atoms with Crippen molar-refractivity contribution in [3.63, 3.8) is 0 Å². The van der Waals surface area contributed by atoms with Crippen molar-refractivity contribution in [1.29, 1.82) is 0 Å². The predicted molar refractivity (Wildman–Crippen MR) is 107 cm³/mol. The Kier molecular flexibility index (Phi) is 6.26. The molecule has 0 saturated heterocycles. The molecule has 0 saturated carbocycles. The number of hydrogen-bond donors (Lipinski definition) is 2. The molecule has 140 valence electrons. The summed E-state index contributed by atoms with van der Waals surface area (Å²) < 4.78 is 5.57. The topological polar surface area (TPSA) is 71.2 Å². The Morgan fingerprint density at radius 2 is 1.93 bits per heavy atom. The first-order chi connectivity index (χ1) is 13.1. The average Bonchev–Trinajstić information content (AvgIpc) is 2.66. The van der Waals surface area contributed by atoms with E-state index in [1.54, 1.807) is 0 Å². The van der Waals surface area contributed by atoms with E-state index in [9.17, 15) is 9.59 Å². The van der Waals surface area contributed by atoms with Crippen molar-refractivity contribution in [3.8, 4) is 5.75 Å². The molecule has 1 heterocycles. The van der Waals surface area contributed by atoms with Gasteiger partial charge in [0.25, 0.3) is 5.56 Å². The van der Waals surface area contributed by atoms with Crippen LogP contribution in [0.4, 0.5) is 0 Å². The number of aromatic nitrogens is 1. The fraction of sp³-hybridized carbons (Fsp3) is 0.273. The summed E-state index contributed by atoms with van der Waals surface area (Å²) >= 11 is 0. The van der Waals surface area contributed by atoms with Crippen molar-refractivity contribution in [2.75, 3.05) is 13.2 Å². The van der Waals surface area contributed by atoms with Crippen LogP contribution in [0.5, 0.6) is 5.75 Å². The van der Waals surface area contributed by atoms with E-state index in [-0.39, 0.29) is 11.5 Å². The van der Waals surface area contributed by atoms with Crippen molar-refractivity contribution in [2.45, 2.75) is 26.2 Å². The highest BCUT2D eigenvalue weighted by molar-refractivity contribution is 5.79. The second-order valence-corrected chi connectivity index (χ2v) is 6.58. The van der Waals surface area contributed by atoms with E-state index >= 15 is 0 Å². The number of rotatable bonds is 8. The van der Waals surface area contributed by atoms with Crippen molar-refractivity contribution in [3.05, 3.63) is 76.1 Å². The number of para-hydroxylation sites is 1. The molecule has 2 N–H and O–H groups in total. The van der Waals surface area contributed by atoms with E-state index in [1.165, 1.54) is 0 Å². The summed E-state index contributed by atoms with van der Waals surface area (Å²) in [4.78, 5) is 27.0. The molecule has 0 fully saturated rings. The third kappa shape index (κ3) is 5.45. The maximum atomic E-state index is 12.2. The Morgan fingerprint density at radius 3 is 2.74 bits per heavy atom. The maximum absolute atomic E-state index is 12.2. The Hall–Kier alpha value is -3.08. The summed E-state index contributed by atoms with van der Waals surface area (Å²) in [5, 5.41) is 3.87. The third-order valence-corrected chi connectivity index (χ3v) is 4.35. The van der Waals surface area contributed by atoms with Crippen molar-refractivity contribution < 1.29 is 9.53 Å². The largest absolute Gasteiger partial charge is 0.494 e. The number of pyridine rings is 1. The first-order valence-corrected chi connectivity index (χ1v) is 9.19. The minimum atomic E-state index is -0.0985. The highest BCUT2D eigenvalue weighted by Gasteiger charge is 2.05. The molecule has 2 aromatic carbocycles. The van der Waals surface area contributed by atoms with Crippen LogP contribution in [0.25, 0.3) is 10.9 Å². The Balaban J connectivity index is 1.42. The molecule has 27 heavy (non-hydrogen) atoms. The number of ether oxygens (including phenoxy) is 1. The molecule has 3 aromatic rings. The van der Waals surface area contributed by atoms with Crippen LogP contribution in [0.1, 0.15) is 24.0 Å². The van der Waals surface area contributed by atoms with Crippen LogP contribution in [0, 0.1) is 6.92 Å². The number of H-pyrrole nitrogens is 1. The first-order valence-electron chi connectivity index (χ1n) is 9.19. The molecule has 0 unspecified atom stereocenters. The summed E-state index contributed by atoms with van der Waals surface area (Å²) in [6.07, 6.45) is 1.56. The molecule has 0 atom stereocenters. The Labute approximate surface area is 158 Å². The van der Waals surface area contributed by atoms with Gasteiger partial charge >= 0.3 is 0 Å². The fourth-order valence-corrected chi connectivity index (χ4v) is 2.91. The molecule has 5 nitrogen and oxygen atoms in total. The second-order valence-electron chi connectivity index (χ2n) is 6.58. The second kappa shape index (κ2) is 9.03. The lowest BCUT2D eigenvalue weighted by Gasteiger charge is -2.08. The number of amides is 1. The minimum absolute atomic E-state index is 0.0282. The van der Waals surface area contributed by atoms with Gasteiger partial charge in [-0.1, -0.05) is 30.3 Å². The Bertz CT molecular complexity index is 964. The number of aryl methyl sites for hydroxylation is 1. The summed E-state index contributed by atoms with van der Waals surface area (Å²) in [5.74, 6) is 0.781. The van der Waals surface area contributed by atoms with E-state index in [1.807, 2.05) is 61.5 Å². The van der Waals surface area contributed by atoms with Crippen LogP contribution in [-0.4, -0.2) is 24.0 Å². The summed E-state index contributed by atoms with van der Waals surface area (Å²) in [7, 11) is 0. The molecule has 3 rings (SSSR count). The molecule has 0 spiro atoms. The maximum Gasteiger partial charge on any atom is 0.251 e. The lowest BCUT2D eigenvalue weighted by molar-refractivity contribution is -0.121. The summed E-state index contributed by atoms with van der Waals surface area (Å²) in [6.45, 7) is 2.94. The predicted octanol–water partition coefficient (Wildman–Crippen LogP) is 3.35. The lowest BCUT2D eigenvalue weighted by Crippen LogP contribution is -2.27. The van der Waals surface area contributed by atoms with E-state index in [0.29, 0.717) is 38.0 Å². The van der Waals surface area contributed by atoms with E-state index in [4.69, 9.17) is 4.74 Å². The van der Waals surface area contributed by atoms with Gasteiger partial charge in [-0.2, -0.15) is 0 Å². The first kappa shape index (κ1) is 18.7. The van der Waals surface area contributed by atoms with Crippen LogP contribution in [-0.2, 0) is 11.2 Å². The normalized spacial score (nSPS) is 10.7. The molecule has 0 radical (unpaired) electrons. The summed E-state index contributed by atoms with van der Waals surface area (Å²) in [5.41, 5.74) is 2.53. The van der Waals surface area contributed by atoms with E-state index < -0.39 is 0 Å². The Morgan fingerprint density at radius 1 is 1.11 bits per heavy atom. The smallest absolute Gasteiger partial charge is 0.251 e. The van der Waals surface area contributed by atoms with Crippen LogP contribution in [0.3, 0.4) is 0 Å². The quantitative estimate of drug-likeness (QED) is 0.602. The van der Waals surface area contributed by atoms with Crippen LogP contribution in [0.15, 0.2) is 59.4 Å². The molecule has 5 heteroatoms. The summed E-state index contributed by atoms with van der Waals surface area (Å²) in [6, 6.07) is 17.4. The van der Waals surface area contributed by atoms with Gasteiger partial charge < -0.3 is 15.0 Å². The standard InChI is InChI=1S/C22H24N2O3/c1-16-9-10-17-15-18(22(26)24-20(17)14-16)11-12-23-21(25)8-5-13-27-19-6-3-2-4-7-19/h2-4,6-7,9-10,14-15H,5,8,11-13H2,1H3,(H,23,25)(H,24,26). The van der Waals surface area contributed by atoms with Gasteiger partial charge in [0.05, 0.1) is 6.61 Å². The van der Waals surface area contributed by atoms with Crippen LogP contribution in [0.2, 0.25) is 0 Å². The van der Waals surface area contributed by atoms with Crippen molar-refractivity contribution >= 4 is 16.8 Å². The zero-order chi connectivity index (χ0) is 19.1. The third-order valence-electron chi connectivity index (χ3n) is 4.35. The number of carbonyl (C=O) groups is 1. The van der Waals surface area contributed by atoms with Gasteiger partial charge in [0.2, 0.25) is 5.91 Å². The van der Waals surface area contributed by atoms with E-state index in [2.05, 4.69) is 10.3 Å². The van der Waals surface area contributed by atoms with Crippen molar-refractivity contribution in [1.82, 2.24) is 10.3 Å². The molecule has 0 aliphatic heterocycles. The number of carbonyl (C=O) groups excluding carboxylic acids is 1. The lowest BCUT2D eigenvalue weighted by atomic mass is 10.1. The zero-order valence-electron chi connectivity index (χ0n) is 15.5. The number of aromatic amines is 1. The number of nitrogens with one attached hydrogen (secondary N) is 2. The fourth-order valence-electron chi connectivity index (χ4n) is 2.91. The molecular formula is C22H24N2O3. The molecule has 1 aromatic heterocycles. The molecule has 0 aliphatic rings. The number of benzene rings is 2. The minimum Gasteiger partial charge on any atom is -0.494 e. The highest BCUT2D eigenvalue weighted by Crippen LogP contribution is 2.13. The average molecular weight is 364 g/mol. The van der Waals surface area contributed by atoms with Gasteiger partial charge in [-0.15, -0.1) is 0 Å². The van der Waals surface area contributed by atoms with E-state index in [0.717, 1.165) is 22.2 Å². The zero-order valence-corrected chi connectivity index (χ0v) is 15.5. The monoisotopic (exact) mass is 364 g/mol. The van der Waals surface area contributed by atoms with Gasteiger partial charge in [0.15, 0.2) is 0 Å². The molecular weight excluding hydrogens is 340 g/mol. The SMILES string of the molecule is Cc1ccc2cc(CCNC(=O)CCCOc3ccccc3)c(=O)[nH]c2c1. The van der Waals surface area contributed by atoms with Gasteiger partial charge in [-0.05, 0) is 55.0 Å². The van der Waals surface area contributed by atoms with Crippen molar-refractivity contribution in [2.24, 2.45) is 0 Å². The molecule has 1 amide bonds.